The second-order valence-corrected chi connectivity index (χ2v) is 2.57. The van der Waals surface area contributed by atoms with Gasteiger partial charge in [-0.2, -0.15) is 0 Å². The predicted molar refractivity (Wildman–Crippen MR) is 39.8 cm³/mol. The van der Waals surface area contributed by atoms with E-state index in [2.05, 4.69) is 0 Å². The maximum atomic E-state index is 10.5. The maximum Gasteiger partial charge on any atom is 2.00 e. The zero-order chi connectivity index (χ0) is 10.0. The molecule has 0 fully saturated rings. The van der Waals surface area contributed by atoms with E-state index < -0.39 is 11.9 Å². The summed E-state index contributed by atoms with van der Waals surface area (Å²) in [5.74, 6) is -3.01. The molecule has 0 aliphatic heterocycles. The molecule has 1 aromatic carbocycles. The molecule has 14 heavy (non-hydrogen) atoms. The number of rotatable bonds is 2. The van der Waals surface area contributed by atoms with Gasteiger partial charge >= 0.3 is 17.1 Å². The van der Waals surface area contributed by atoms with Crippen LogP contribution >= 0.6 is 0 Å². The Bertz CT molecular complexity index is 373. The van der Waals surface area contributed by atoms with E-state index in [4.69, 9.17) is 0 Å². The second-order valence-electron chi connectivity index (χ2n) is 2.57. The molecule has 0 aliphatic rings. The number of carboxylic acid groups (broad SMARTS) is 2. The van der Waals surface area contributed by atoms with E-state index >= 15 is 0 Å². The zero-order valence-corrected chi connectivity index (χ0v) is 8.11. The Morgan fingerprint density at radius 2 is 1.71 bits per heavy atom. The number of carboxylic acids is 2. The van der Waals surface area contributed by atoms with Crippen molar-refractivity contribution in [3.8, 4) is 0 Å². The van der Waals surface area contributed by atoms with Crippen LogP contribution in [0.5, 0.6) is 0 Å². The average Bonchev–Trinajstić information content (AvgIpc) is 2.02. The molecule has 0 saturated heterocycles. The Hall–Kier alpha value is -1.32. The zero-order valence-electron chi connectivity index (χ0n) is 7.17. The molecule has 0 heterocycles. The van der Waals surface area contributed by atoms with Gasteiger partial charge in [-0.15, -0.1) is 0 Å². The van der Waals surface area contributed by atoms with Crippen LogP contribution in [0.25, 0.3) is 0 Å². The van der Waals surface area contributed by atoms with Crippen molar-refractivity contribution in [3.63, 3.8) is 0 Å². The van der Waals surface area contributed by atoms with E-state index in [-0.39, 0.29) is 28.2 Å². The summed E-state index contributed by atoms with van der Waals surface area (Å²) >= 11 is 0. The van der Waals surface area contributed by atoms with Crippen molar-refractivity contribution in [2.45, 2.75) is 6.92 Å². The number of carbonyl (C=O) groups excluding carboxylic acids is 2. The summed E-state index contributed by atoms with van der Waals surface area (Å²) in [6.45, 7) is 1.50. The molecule has 0 aliphatic carbocycles. The summed E-state index contributed by atoms with van der Waals surface area (Å²) in [5, 5.41) is 21.0. The molecule has 1 rings (SSSR count). The fraction of sp³-hybridized carbons (Fsp3) is 0.111. The van der Waals surface area contributed by atoms with Gasteiger partial charge in [-0.1, -0.05) is 18.2 Å². The van der Waals surface area contributed by atoms with Gasteiger partial charge in [-0.25, -0.2) is 0 Å². The molecule has 5 heteroatoms. The van der Waals surface area contributed by atoms with Crippen LogP contribution in [0.15, 0.2) is 18.2 Å². The van der Waals surface area contributed by atoms with Crippen molar-refractivity contribution in [2.24, 2.45) is 0 Å². The summed E-state index contributed by atoms with van der Waals surface area (Å²) in [5.41, 5.74) is -0.316. The van der Waals surface area contributed by atoms with Crippen molar-refractivity contribution in [3.05, 3.63) is 34.9 Å². The van der Waals surface area contributed by atoms with Crippen LogP contribution in [-0.2, 0) is 17.1 Å². The molecule has 77 valence electrons. The van der Waals surface area contributed by atoms with Crippen LogP contribution < -0.4 is 10.2 Å². The van der Waals surface area contributed by atoms with E-state index in [1.54, 1.807) is 0 Å². The molecular weight excluding hydrogens is 236 g/mol. The topological polar surface area (TPSA) is 80.3 Å². The van der Waals surface area contributed by atoms with Crippen LogP contribution in [0.2, 0.25) is 0 Å². The van der Waals surface area contributed by atoms with Gasteiger partial charge in [-0.3, -0.25) is 0 Å². The Kier molecular flexibility index (Phi) is 4.34. The molecule has 0 atom stereocenters. The number of hydrogen-bond acceptors (Lipinski definition) is 4. The Balaban J connectivity index is 0.00000169. The predicted octanol–water partition coefficient (Wildman–Crippen LogP) is -1.28. The van der Waals surface area contributed by atoms with Crippen LogP contribution in [0.1, 0.15) is 26.3 Å². The van der Waals surface area contributed by atoms with E-state index in [1.165, 1.54) is 25.1 Å². The van der Waals surface area contributed by atoms with E-state index in [0.29, 0.717) is 5.56 Å². The molecule has 1 radical (unpaired) electrons. The third-order valence-corrected chi connectivity index (χ3v) is 1.70. The number of carbonyl (C=O) groups is 2. The molecular formula is C9H6CuO4. The molecule has 0 spiro atoms. The first-order chi connectivity index (χ1) is 6.04. The second kappa shape index (κ2) is 4.79. The summed E-state index contributed by atoms with van der Waals surface area (Å²) in [6.07, 6.45) is 0. The average molecular weight is 242 g/mol. The number of hydrogen-bond donors (Lipinski definition) is 0. The van der Waals surface area contributed by atoms with Crippen molar-refractivity contribution >= 4 is 11.9 Å². The minimum Gasteiger partial charge on any atom is -0.545 e. The fourth-order valence-corrected chi connectivity index (χ4v) is 1.11. The van der Waals surface area contributed by atoms with Gasteiger partial charge < -0.3 is 19.8 Å². The third-order valence-electron chi connectivity index (χ3n) is 1.70. The van der Waals surface area contributed by atoms with Gasteiger partial charge in [0.05, 0.1) is 11.9 Å². The number of aromatic carboxylic acids is 2. The van der Waals surface area contributed by atoms with Gasteiger partial charge in [0.2, 0.25) is 0 Å². The van der Waals surface area contributed by atoms with E-state index in [1.807, 2.05) is 0 Å². The summed E-state index contributed by atoms with van der Waals surface area (Å²) < 4.78 is 0. The molecule has 1 aromatic rings. The van der Waals surface area contributed by atoms with Crippen molar-refractivity contribution in [2.75, 3.05) is 0 Å². The monoisotopic (exact) mass is 241 g/mol. The molecule has 0 N–H and O–H groups in total. The summed E-state index contributed by atoms with van der Waals surface area (Å²) in [7, 11) is 0. The van der Waals surface area contributed by atoms with E-state index in [9.17, 15) is 19.8 Å². The number of aryl methyl sites for hydroxylation is 1. The molecule has 0 amide bonds. The molecule has 4 nitrogen and oxygen atoms in total. The smallest absolute Gasteiger partial charge is 0.545 e. The maximum absolute atomic E-state index is 10.5. The quantitative estimate of drug-likeness (QED) is 0.604. The van der Waals surface area contributed by atoms with Gasteiger partial charge in [0.25, 0.3) is 0 Å². The summed E-state index contributed by atoms with van der Waals surface area (Å²) in [6, 6.07) is 4.12. The minimum absolute atomic E-state index is 0. The Labute approximate surface area is 91.0 Å². The summed E-state index contributed by atoms with van der Waals surface area (Å²) in [4.78, 5) is 21.0. The standard InChI is InChI=1S/C9H8O4.Cu/c1-5-3-2-4-6(8(10)11)7(5)9(12)13;/h2-4H,1H3,(H,10,11)(H,12,13);/q;+2/p-2. The van der Waals surface area contributed by atoms with E-state index in [0.717, 1.165) is 0 Å². The van der Waals surface area contributed by atoms with Crippen LogP contribution in [0, 0.1) is 6.92 Å². The normalized spacial score (nSPS) is 8.93. The van der Waals surface area contributed by atoms with Gasteiger partial charge in [0, 0.05) is 11.1 Å². The molecule has 0 aromatic heterocycles. The van der Waals surface area contributed by atoms with Gasteiger partial charge in [-0.05, 0) is 12.5 Å². The molecule has 0 unspecified atom stereocenters. The van der Waals surface area contributed by atoms with Crippen LogP contribution in [-0.4, -0.2) is 11.9 Å². The first kappa shape index (κ1) is 12.7. The minimum atomic E-state index is -1.51. The van der Waals surface area contributed by atoms with Crippen molar-refractivity contribution in [1.29, 1.82) is 0 Å². The largest absolute Gasteiger partial charge is 2.00 e. The van der Waals surface area contributed by atoms with Gasteiger partial charge in [0.1, 0.15) is 0 Å². The fourth-order valence-electron chi connectivity index (χ4n) is 1.11. The SMILES string of the molecule is Cc1cccc(C(=O)[O-])c1C(=O)[O-].[Cu+2]. The molecule has 0 bridgehead atoms. The Morgan fingerprint density at radius 3 is 2.07 bits per heavy atom. The van der Waals surface area contributed by atoms with Crippen molar-refractivity contribution in [1.82, 2.24) is 0 Å². The number of benzene rings is 1. The Morgan fingerprint density at radius 1 is 1.14 bits per heavy atom. The van der Waals surface area contributed by atoms with Crippen molar-refractivity contribution < 1.29 is 36.9 Å². The first-order valence-electron chi connectivity index (χ1n) is 3.56. The third kappa shape index (κ3) is 2.34. The molecule has 0 saturated carbocycles. The first-order valence-corrected chi connectivity index (χ1v) is 3.56. The van der Waals surface area contributed by atoms with Crippen LogP contribution in [0.3, 0.4) is 0 Å². The van der Waals surface area contributed by atoms with Gasteiger partial charge in [0.15, 0.2) is 0 Å². The van der Waals surface area contributed by atoms with Crippen LogP contribution in [0.4, 0.5) is 0 Å².